The second-order valence-electron chi connectivity index (χ2n) is 5.39. The molecular weight excluding hydrogens is 328 g/mol. The van der Waals surface area contributed by atoms with Crippen molar-refractivity contribution in [2.75, 3.05) is 4.31 Å². The van der Waals surface area contributed by atoms with Crippen LogP contribution in [0.1, 0.15) is 23.6 Å². The number of hydroxylamine groups is 1. The van der Waals surface area contributed by atoms with Crippen LogP contribution >= 0.6 is 0 Å². The Kier molecular flexibility index (Phi) is 4.13. The Bertz CT molecular complexity index is 891. The lowest BCUT2D eigenvalue weighted by molar-refractivity contribution is -0.129. The molecule has 1 amide bonds. The molecule has 1 unspecified atom stereocenters. The van der Waals surface area contributed by atoms with Crippen LogP contribution in [-0.4, -0.2) is 19.5 Å². The van der Waals surface area contributed by atoms with Crippen molar-refractivity contribution >= 4 is 27.7 Å². The van der Waals surface area contributed by atoms with Crippen LogP contribution in [-0.2, 0) is 14.8 Å². The Hall–Kier alpha value is -2.64. The minimum Gasteiger partial charge on any atom is -0.289 e. The number of hydrogen-bond donors (Lipinski definition) is 2. The quantitative estimate of drug-likeness (QED) is 0.659. The summed E-state index contributed by atoms with van der Waals surface area (Å²) in [4.78, 5) is 11.8. The van der Waals surface area contributed by atoms with Crippen LogP contribution in [0.15, 0.2) is 60.0 Å². The van der Waals surface area contributed by atoms with Crippen molar-refractivity contribution in [1.29, 1.82) is 0 Å². The molecule has 1 atom stereocenters. The van der Waals surface area contributed by atoms with E-state index in [4.69, 9.17) is 5.21 Å². The summed E-state index contributed by atoms with van der Waals surface area (Å²) in [7, 11) is -3.78. The Balaban J connectivity index is 2.13. The number of benzene rings is 2. The molecule has 1 aliphatic rings. The Morgan fingerprint density at radius 1 is 1.21 bits per heavy atom. The molecule has 0 spiro atoms. The number of nitrogens with zero attached hydrogens (tertiary/aromatic N) is 1. The Morgan fingerprint density at radius 3 is 2.50 bits per heavy atom. The molecule has 0 radical (unpaired) electrons. The zero-order valence-corrected chi connectivity index (χ0v) is 13.5. The van der Waals surface area contributed by atoms with E-state index in [9.17, 15) is 13.2 Å². The monoisotopic (exact) mass is 344 g/mol. The fraction of sp³-hybridized carbons (Fsp3) is 0.118. The highest BCUT2D eigenvalue weighted by Gasteiger charge is 2.43. The lowest BCUT2D eigenvalue weighted by Gasteiger charge is -2.25. The van der Waals surface area contributed by atoms with Crippen LogP contribution in [0.2, 0.25) is 0 Å². The number of nitrogens with one attached hydrogen (secondary N) is 1. The molecular formula is C17H16N2O4S. The Morgan fingerprint density at radius 2 is 1.88 bits per heavy atom. The number of rotatable bonds is 4. The van der Waals surface area contributed by atoms with Crippen molar-refractivity contribution in [2.24, 2.45) is 0 Å². The van der Waals surface area contributed by atoms with E-state index in [-0.39, 0.29) is 11.3 Å². The summed E-state index contributed by atoms with van der Waals surface area (Å²) in [6.07, 6.45) is 1.48. The fourth-order valence-corrected chi connectivity index (χ4v) is 4.77. The molecule has 0 bridgehead atoms. The number of amides is 1. The molecule has 2 N–H and O–H groups in total. The zero-order valence-electron chi connectivity index (χ0n) is 12.7. The summed E-state index contributed by atoms with van der Waals surface area (Å²) in [5, 5.41) is 8.82. The smallest absolute Gasteiger partial charge is 0.265 e. The molecule has 0 saturated carbocycles. The first-order chi connectivity index (χ1) is 11.5. The van der Waals surface area contributed by atoms with Crippen LogP contribution in [0.4, 0.5) is 5.69 Å². The van der Waals surface area contributed by atoms with Gasteiger partial charge >= 0.3 is 0 Å². The number of anilines is 1. The number of hydrogen-bond acceptors (Lipinski definition) is 4. The second kappa shape index (κ2) is 6.10. The van der Waals surface area contributed by atoms with Gasteiger partial charge in [0.05, 0.1) is 23.0 Å². The maximum Gasteiger partial charge on any atom is 0.265 e. The lowest BCUT2D eigenvalue weighted by Crippen LogP contribution is -2.32. The maximum absolute atomic E-state index is 12.9. The van der Waals surface area contributed by atoms with E-state index >= 15 is 0 Å². The van der Waals surface area contributed by atoms with Crippen LogP contribution < -0.4 is 9.79 Å². The van der Waals surface area contributed by atoms with E-state index in [0.29, 0.717) is 11.3 Å². The summed E-state index contributed by atoms with van der Waals surface area (Å²) in [6.45, 7) is 3.67. The van der Waals surface area contributed by atoms with Gasteiger partial charge in [0.2, 0.25) is 5.91 Å². The summed E-state index contributed by atoms with van der Waals surface area (Å²) in [6, 6.07) is 12.7. The molecule has 0 aromatic heterocycles. The fourth-order valence-electron chi connectivity index (χ4n) is 2.88. The van der Waals surface area contributed by atoms with E-state index in [1.54, 1.807) is 54.0 Å². The van der Waals surface area contributed by atoms with Crippen LogP contribution in [0.3, 0.4) is 0 Å². The third-order valence-electron chi connectivity index (χ3n) is 3.98. The number of sulfonamides is 1. The standard InChI is InChI=1S/C17H16N2O4S/c1-2-12-7-9-13(10-8-12)19-15(11-17(20)18-21)14-5-3-4-6-16(14)24(19,22)23/h2-10,15,21H,1,11H2,(H,18,20). The van der Waals surface area contributed by atoms with Gasteiger partial charge in [-0.3, -0.25) is 14.3 Å². The average Bonchev–Trinajstić information content (AvgIpc) is 2.82. The van der Waals surface area contributed by atoms with Crippen molar-refractivity contribution in [3.05, 3.63) is 66.2 Å². The molecule has 7 heteroatoms. The molecule has 0 aliphatic carbocycles. The zero-order chi connectivity index (χ0) is 17.3. The van der Waals surface area contributed by atoms with Crippen molar-refractivity contribution < 1.29 is 18.4 Å². The van der Waals surface area contributed by atoms with E-state index in [1.807, 2.05) is 0 Å². The second-order valence-corrected chi connectivity index (χ2v) is 7.17. The average molecular weight is 344 g/mol. The van der Waals surface area contributed by atoms with Crippen LogP contribution in [0.25, 0.3) is 6.08 Å². The summed E-state index contributed by atoms with van der Waals surface area (Å²) < 4.78 is 27.1. The van der Waals surface area contributed by atoms with Gasteiger partial charge in [-0.1, -0.05) is 43.0 Å². The number of fused-ring (bicyclic) bond motifs is 1. The third kappa shape index (κ3) is 2.57. The maximum atomic E-state index is 12.9. The highest BCUT2D eigenvalue weighted by Crippen LogP contribution is 2.44. The van der Waals surface area contributed by atoms with Gasteiger partial charge in [0.15, 0.2) is 0 Å². The van der Waals surface area contributed by atoms with Gasteiger partial charge in [-0.15, -0.1) is 0 Å². The van der Waals surface area contributed by atoms with E-state index in [2.05, 4.69) is 6.58 Å². The van der Waals surface area contributed by atoms with Crippen molar-refractivity contribution in [3.63, 3.8) is 0 Å². The van der Waals surface area contributed by atoms with Crippen molar-refractivity contribution in [3.8, 4) is 0 Å². The van der Waals surface area contributed by atoms with Crippen LogP contribution in [0.5, 0.6) is 0 Å². The Labute approximate surface area is 140 Å². The molecule has 0 fully saturated rings. The predicted octanol–water partition coefficient (Wildman–Crippen LogP) is 2.48. The van der Waals surface area contributed by atoms with Gasteiger partial charge in [-0.05, 0) is 29.3 Å². The minimum atomic E-state index is -3.78. The molecule has 2 aromatic carbocycles. The van der Waals surface area contributed by atoms with Gasteiger partial charge in [0, 0.05) is 0 Å². The summed E-state index contributed by atoms with van der Waals surface area (Å²) in [5.74, 6) is -0.653. The minimum absolute atomic E-state index is 0.175. The van der Waals surface area contributed by atoms with Crippen molar-refractivity contribution in [2.45, 2.75) is 17.4 Å². The van der Waals surface area contributed by atoms with Crippen LogP contribution in [0, 0.1) is 0 Å². The van der Waals surface area contributed by atoms with Gasteiger partial charge in [0.1, 0.15) is 0 Å². The molecule has 2 aromatic rings. The number of carbonyl (C=O) groups is 1. The van der Waals surface area contributed by atoms with E-state index in [1.165, 1.54) is 10.4 Å². The molecule has 1 aliphatic heterocycles. The first-order valence-corrected chi connectivity index (χ1v) is 8.72. The normalized spacial score (nSPS) is 18.0. The van der Waals surface area contributed by atoms with Gasteiger partial charge < -0.3 is 0 Å². The molecule has 3 rings (SSSR count). The largest absolute Gasteiger partial charge is 0.289 e. The topological polar surface area (TPSA) is 86.7 Å². The van der Waals surface area contributed by atoms with Gasteiger partial charge in [-0.25, -0.2) is 13.9 Å². The molecule has 124 valence electrons. The first kappa shape index (κ1) is 16.2. The molecule has 0 saturated heterocycles. The SMILES string of the molecule is C=Cc1ccc(N2C(CC(=O)NO)c3ccccc3S2(=O)=O)cc1. The predicted molar refractivity (Wildman–Crippen MR) is 89.9 cm³/mol. The summed E-state index contributed by atoms with van der Waals surface area (Å²) in [5.41, 5.74) is 3.41. The molecule has 6 nitrogen and oxygen atoms in total. The van der Waals surface area contributed by atoms with E-state index in [0.717, 1.165) is 5.56 Å². The highest BCUT2D eigenvalue weighted by atomic mass is 32.2. The van der Waals surface area contributed by atoms with E-state index < -0.39 is 22.0 Å². The summed E-state index contributed by atoms with van der Waals surface area (Å²) >= 11 is 0. The molecule has 1 heterocycles. The van der Waals surface area contributed by atoms with Crippen molar-refractivity contribution in [1.82, 2.24) is 5.48 Å². The highest BCUT2D eigenvalue weighted by molar-refractivity contribution is 7.93. The lowest BCUT2D eigenvalue weighted by atomic mass is 10.0. The molecule has 24 heavy (non-hydrogen) atoms. The van der Waals surface area contributed by atoms with Gasteiger partial charge in [-0.2, -0.15) is 0 Å². The number of carbonyl (C=O) groups excluding carboxylic acids is 1. The first-order valence-electron chi connectivity index (χ1n) is 7.28. The van der Waals surface area contributed by atoms with Gasteiger partial charge in [0.25, 0.3) is 10.0 Å². The third-order valence-corrected chi connectivity index (χ3v) is 5.90.